The van der Waals surface area contributed by atoms with Gasteiger partial charge in [-0.25, -0.2) is 4.98 Å². The van der Waals surface area contributed by atoms with Gasteiger partial charge in [-0.3, -0.25) is 0 Å². The molecule has 3 rings (SSSR count). The Kier molecular flexibility index (Phi) is 2.65. The molecule has 0 aliphatic rings. The first kappa shape index (κ1) is 11.1. The molecule has 0 aliphatic heterocycles. The van der Waals surface area contributed by atoms with Crippen molar-refractivity contribution in [2.24, 2.45) is 0 Å². The van der Waals surface area contributed by atoms with Gasteiger partial charge in [0.25, 0.3) is 0 Å². The number of hydrogen-bond donors (Lipinski definition) is 1. The van der Waals surface area contributed by atoms with Gasteiger partial charge in [0.2, 0.25) is 4.96 Å². The van der Waals surface area contributed by atoms with Gasteiger partial charge in [0.1, 0.15) is 17.4 Å². The summed E-state index contributed by atoms with van der Waals surface area (Å²) in [5, 5.41) is 13.3. The molecule has 3 aromatic rings. The van der Waals surface area contributed by atoms with Crippen LogP contribution in [0.4, 0.5) is 5.82 Å². The highest BCUT2D eigenvalue weighted by Gasteiger charge is 2.12. The summed E-state index contributed by atoms with van der Waals surface area (Å²) in [5.41, 5.74) is 6.46. The quantitative estimate of drug-likeness (QED) is 0.756. The van der Waals surface area contributed by atoms with Gasteiger partial charge in [-0.1, -0.05) is 11.3 Å². The van der Waals surface area contributed by atoms with Crippen LogP contribution in [-0.2, 0) is 11.3 Å². The number of pyridine rings is 1. The smallest absolute Gasteiger partial charge is 0.235 e. The molecule has 0 atom stereocenters. The van der Waals surface area contributed by atoms with Gasteiger partial charge in [0.15, 0.2) is 5.82 Å². The summed E-state index contributed by atoms with van der Waals surface area (Å²) in [5.74, 6) is 1.17. The highest BCUT2D eigenvalue weighted by molar-refractivity contribution is 7.19. The van der Waals surface area contributed by atoms with E-state index >= 15 is 0 Å². The van der Waals surface area contributed by atoms with Gasteiger partial charge in [0.05, 0.1) is 0 Å². The summed E-state index contributed by atoms with van der Waals surface area (Å²) in [6.45, 7) is 0.379. The van der Waals surface area contributed by atoms with Crippen LogP contribution in [0.2, 0.25) is 0 Å². The van der Waals surface area contributed by atoms with Gasteiger partial charge in [-0.05, 0) is 12.1 Å². The average Bonchev–Trinajstić information content (AvgIpc) is 2.93. The van der Waals surface area contributed by atoms with E-state index in [-0.39, 0.29) is 0 Å². The summed E-state index contributed by atoms with van der Waals surface area (Å²) in [4.78, 5) is 4.77. The fourth-order valence-corrected chi connectivity index (χ4v) is 2.37. The van der Waals surface area contributed by atoms with E-state index in [4.69, 9.17) is 10.5 Å². The van der Waals surface area contributed by atoms with Crippen LogP contribution in [-0.4, -0.2) is 31.9 Å². The maximum absolute atomic E-state index is 5.55. The van der Waals surface area contributed by atoms with Gasteiger partial charge in [0, 0.05) is 18.9 Å². The predicted molar refractivity (Wildman–Crippen MR) is 67.0 cm³/mol. The lowest BCUT2D eigenvalue weighted by atomic mass is 10.3. The standard InChI is InChI=1S/C10H10N6OS/c1-17-5-8-13-14-10-16(8)15-9(18-10)6-2-3-7(11)12-4-6/h2-4H,5H2,1H3,(H2,11,12). The van der Waals surface area contributed by atoms with Crippen molar-refractivity contribution < 1.29 is 4.74 Å². The number of nitrogens with two attached hydrogens (primary N) is 1. The molecule has 0 aromatic carbocycles. The molecule has 0 radical (unpaired) electrons. The molecule has 92 valence electrons. The van der Waals surface area contributed by atoms with E-state index in [1.165, 1.54) is 11.3 Å². The first-order chi connectivity index (χ1) is 8.78. The molecular weight excluding hydrogens is 252 g/mol. The summed E-state index contributed by atoms with van der Waals surface area (Å²) >= 11 is 1.44. The molecule has 0 aliphatic carbocycles. The second-order valence-electron chi connectivity index (χ2n) is 3.62. The second-order valence-corrected chi connectivity index (χ2v) is 4.58. The Hall–Kier alpha value is -2.06. The van der Waals surface area contributed by atoms with E-state index < -0.39 is 0 Å². The van der Waals surface area contributed by atoms with Crippen molar-refractivity contribution in [3.63, 3.8) is 0 Å². The highest BCUT2D eigenvalue weighted by atomic mass is 32.1. The van der Waals surface area contributed by atoms with Gasteiger partial charge in [-0.2, -0.15) is 9.61 Å². The van der Waals surface area contributed by atoms with Crippen molar-refractivity contribution in [2.45, 2.75) is 6.61 Å². The van der Waals surface area contributed by atoms with Crippen molar-refractivity contribution in [2.75, 3.05) is 12.8 Å². The van der Waals surface area contributed by atoms with Crippen molar-refractivity contribution in [3.05, 3.63) is 24.2 Å². The zero-order valence-electron chi connectivity index (χ0n) is 9.57. The molecule has 7 nitrogen and oxygen atoms in total. The molecule has 0 fully saturated rings. The number of fused-ring (bicyclic) bond motifs is 1. The van der Waals surface area contributed by atoms with E-state index in [1.54, 1.807) is 23.9 Å². The number of anilines is 1. The molecule has 0 saturated heterocycles. The Morgan fingerprint density at radius 1 is 1.39 bits per heavy atom. The molecule has 0 bridgehead atoms. The number of nitrogens with zero attached hydrogens (tertiary/aromatic N) is 5. The van der Waals surface area contributed by atoms with Gasteiger partial charge < -0.3 is 10.5 Å². The molecule has 0 spiro atoms. The normalized spacial score (nSPS) is 11.2. The molecule has 18 heavy (non-hydrogen) atoms. The molecule has 2 N–H and O–H groups in total. The molecule has 3 aromatic heterocycles. The summed E-state index contributed by atoms with van der Waals surface area (Å²) in [6, 6.07) is 3.62. The monoisotopic (exact) mass is 262 g/mol. The second kappa shape index (κ2) is 4.31. The SMILES string of the molecule is COCc1nnc2sc(-c3ccc(N)nc3)nn12. The Morgan fingerprint density at radius 2 is 2.28 bits per heavy atom. The van der Waals surface area contributed by atoms with Crippen molar-refractivity contribution in [1.29, 1.82) is 0 Å². The number of aromatic nitrogens is 5. The molecule has 0 unspecified atom stereocenters. The van der Waals surface area contributed by atoms with Crippen LogP contribution in [0.1, 0.15) is 5.82 Å². The van der Waals surface area contributed by atoms with Crippen molar-refractivity contribution >= 4 is 22.1 Å². The maximum atomic E-state index is 5.55. The minimum absolute atomic E-state index is 0.379. The van der Waals surface area contributed by atoms with E-state index in [0.717, 1.165) is 15.5 Å². The fraction of sp³-hybridized carbons (Fsp3) is 0.200. The van der Waals surface area contributed by atoms with Crippen LogP contribution in [0.15, 0.2) is 18.3 Å². The zero-order valence-corrected chi connectivity index (χ0v) is 10.4. The third kappa shape index (κ3) is 1.81. The molecule has 0 amide bonds. The minimum atomic E-state index is 0.379. The van der Waals surface area contributed by atoms with Crippen LogP contribution in [0, 0.1) is 0 Å². The molecular formula is C10H10N6OS. The number of ether oxygens (including phenoxy) is 1. The number of hydrogen-bond acceptors (Lipinski definition) is 7. The molecule has 8 heteroatoms. The first-order valence-corrected chi connectivity index (χ1v) is 6.01. The van der Waals surface area contributed by atoms with Gasteiger partial charge >= 0.3 is 0 Å². The van der Waals surface area contributed by atoms with Crippen molar-refractivity contribution in [1.82, 2.24) is 24.8 Å². The Bertz CT molecular complexity index is 673. The fourth-order valence-electron chi connectivity index (χ4n) is 1.53. The average molecular weight is 262 g/mol. The number of methoxy groups -OCH3 is 1. The minimum Gasteiger partial charge on any atom is -0.384 e. The number of nitrogen functional groups attached to an aromatic ring is 1. The van der Waals surface area contributed by atoms with Crippen LogP contribution in [0.5, 0.6) is 0 Å². The predicted octanol–water partition coefficient (Wildman–Crippen LogP) is 0.976. The topological polar surface area (TPSA) is 91.2 Å². The molecule has 0 saturated carbocycles. The van der Waals surface area contributed by atoms with Crippen molar-refractivity contribution in [3.8, 4) is 10.6 Å². The molecule has 3 heterocycles. The zero-order chi connectivity index (χ0) is 12.5. The lowest BCUT2D eigenvalue weighted by Gasteiger charge is -1.95. The largest absolute Gasteiger partial charge is 0.384 e. The van der Waals surface area contributed by atoms with Crippen LogP contribution in [0.25, 0.3) is 15.5 Å². The van der Waals surface area contributed by atoms with E-state index in [9.17, 15) is 0 Å². The van der Waals surface area contributed by atoms with Gasteiger partial charge in [-0.15, -0.1) is 10.2 Å². The third-order valence-corrected chi connectivity index (χ3v) is 3.31. The van der Waals surface area contributed by atoms with E-state index in [1.807, 2.05) is 6.07 Å². The number of rotatable bonds is 3. The summed E-state index contributed by atoms with van der Waals surface area (Å²) in [6.07, 6.45) is 1.69. The third-order valence-electron chi connectivity index (χ3n) is 2.36. The Balaban J connectivity index is 2.05. The Morgan fingerprint density at radius 3 is 3.00 bits per heavy atom. The first-order valence-electron chi connectivity index (χ1n) is 5.20. The summed E-state index contributed by atoms with van der Waals surface area (Å²) < 4.78 is 6.72. The maximum Gasteiger partial charge on any atom is 0.235 e. The van der Waals surface area contributed by atoms with Crippen LogP contribution >= 0.6 is 11.3 Å². The lowest BCUT2D eigenvalue weighted by molar-refractivity contribution is 0.176. The summed E-state index contributed by atoms with van der Waals surface area (Å²) in [7, 11) is 1.61. The highest BCUT2D eigenvalue weighted by Crippen LogP contribution is 2.25. The Labute approximate surface area is 106 Å². The van der Waals surface area contributed by atoms with Crippen LogP contribution in [0.3, 0.4) is 0 Å². The van der Waals surface area contributed by atoms with E-state index in [0.29, 0.717) is 18.2 Å². The van der Waals surface area contributed by atoms with Crippen LogP contribution < -0.4 is 5.73 Å². The lowest BCUT2D eigenvalue weighted by Crippen LogP contribution is -1.97. The van der Waals surface area contributed by atoms with E-state index in [2.05, 4.69) is 20.3 Å².